The molecule has 0 atom stereocenters. The van der Waals surface area contributed by atoms with Crippen LogP contribution in [0, 0.1) is 5.41 Å². The van der Waals surface area contributed by atoms with Crippen molar-refractivity contribution < 1.29 is 4.74 Å². The van der Waals surface area contributed by atoms with E-state index in [2.05, 4.69) is 26.1 Å². The molecule has 0 rings (SSSR count). The van der Waals surface area contributed by atoms with Crippen molar-refractivity contribution in [3.63, 3.8) is 0 Å². The van der Waals surface area contributed by atoms with Gasteiger partial charge in [-0.1, -0.05) is 20.8 Å². The zero-order valence-electron chi connectivity index (χ0n) is 9.65. The van der Waals surface area contributed by atoms with E-state index in [1.807, 2.05) is 0 Å². The Bertz CT molecular complexity index is 113. The molecule has 0 fully saturated rings. The summed E-state index contributed by atoms with van der Waals surface area (Å²) in [6, 6.07) is 0. The molecule has 0 saturated heterocycles. The minimum atomic E-state index is 0.446. The number of rotatable bonds is 8. The first-order valence-electron chi connectivity index (χ1n) is 5.32. The van der Waals surface area contributed by atoms with Crippen molar-refractivity contribution in [2.75, 3.05) is 26.8 Å². The lowest BCUT2D eigenvalue weighted by atomic mass is 9.90. The average Bonchev–Trinajstić information content (AvgIpc) is 2.11. The van der Waals surface area contributed by atoms with E-state index in [4.69, 9.17) is 4.74 Å². The van der Waals surface area contributed by atoms with Crippen LogP contribution in [0.4, 0.5) is 0 Å². The van der Waals surface area contributed by atoms with Gasteiger partial charge in [0, 0.05) is 20.3 Å². The summed E-state index contributed by atoms with van der Waals surface area (Å²) in [7, 11) is 1.76. The molecule has 0 radical (unpaired) electrons. The second-order valence-corrected chi connectivity index (χ2v) is 4.39. The van der Waals surface area contributed by atoms with E-state index in [-0.39, 0.29) is 0 Å². The molecule has 0 aromatic carbocycles. The third-order valence-corrected chi connectivity index (χ3v) is 2.51. The molecule has 13 heavy (non-hydrogen) atoms. The number of hydrogen-bond donors (Lipinski definition) is 1. The van der Waals surface area contributed by atoms with Crippen LogP contribution in [0.2, 0.25) is 0 Å². The van der Waals surface area contributed by atoms with Crippen molar-refractivity contribution >= 4 is 0 Å². The SMILES string of the molecule is CCC(C)(C)CNCCCCOC. The average molecular weight is 187 g/mol. The topological polar surface area (TPSA) is 21.3 Å². The fourth-order valence-corrected chi connectivity index (χ4v) is 1.05. The first-order chi connectivity index (χ1) is 6.12. The smallest absolute Gasteiger partial charge is 0.0462 e. The molecule has 2 nitrogen and oxygen atoms in total. The van der Waals surface area contributed by atoms with Crippen LogP contribution in [0.5, 0.6) is 0 Å². The highest BCUT2D eigenvalue weighted by molar-refractivity contribution is 4.68. The number of unbranched alkanes of at least 4 members (excludes halogenated alkanes) is 1. The van der Waals surface area contributed by atoms with Gasteiger partial charge in [-0.25, -0.2) is 0 Å². The summed E-state index contributed by atoms with van der Waals surface area (Å²) in [6.45, 7) is 9.97. The van der Waals surface area contributed by atoms with Gasteiger partial charge in [0.05, 0.1) is 0 Å². The normalized spacial score (nSPS) is 12.0. The van der Waals surface area contributed by atoms with Crippen LogP contribution in [0.1, 0.15) is 40.0 Å². The van der Waals surface area contributed by atoms with Gasteiger partial charge in [-0.2, -0.15) is 0 Å². The van der Waals surface area contributed by atoms with Crippen molar-refractivity contribution in [1.82, 2.24) is 5.32 Å². The molecule has 0 aliphatic heterocycles. The molecule has 0 spiro atoms. The van der Waals surface area contributed by atoms with E-state index in [0.29, 0.717) is 5.41 Å². The Morgan fingerprint density at radius 2 is 1.92 bits per heavy atom. The molecule has 80 valence electrons. The summed E-state index contributed by atoms with van der Waals surface area (Å²) < 4.78 is 4.98. The summed E-state index contributed by atoms with van der Waals surface area (Å²) in [5.74, 6) is 0. The van der Waals surface area contributed by atoms with E-state index in [1.165, 1.54) is 12.8 Å². The van der Waals surface area contributed by atoms with Gasteiger partial charge >= 0.3 is 0 Å². The van der Waals surface area contributed by atoms with E-state index in [9.17, 15) is 0 Å². The van der Waals surface area contributed by atoms with Crippen LogP contribution >= 0.6 is 0 Å². The Morgan fingerprint density at radius 1 is 1.23 bits per heavy atom. The Morgan fingerprint density at radius 3 is 2.46 bits per heavy atom. The van der Waals surface area contributed by atoms with E-state index >= 15 is 0 Å². The van der Waals surface area contributed by atoms with Crippen LogP contribution in [0.15, 0.2) is 0 Å². The van der Waals surface area contributed by atoms with Gasteiger partial charge < -0.3 is 10.1 Å². The molecule has 0 bridgehead atoms. The van der Waals surface area contributed by atoms with Gasteiger partial charge in [-0.15, -0.1) is 0 Å². The van der Waals surface area contributed by atoms with Crippen molar-refractivity contribution in [2.45, 2.75) is 40.0 Å². The Labute approximate surface area is 83.1 Å². The number of ether oxygens (including phenoxy) is 1. The van der Waals surface area contributed by atoms with Gasteiger partial charge in [0.1, 0.15) is 0 Å². The lowest BCUT2D eigenvalue weighted by Gasteiger charge is -2.22. The monoisotopic (exact) mass is 187 g/mol. The van der Waals surface area contributed by atoms with Crippen molar-refractivity contribution in [3.8, 4) is 0 Å². The second kappa shape index (κ2) is 7.34. The molecule has 0 saturated carbocycles. The third kappa shape index (κ3) is 8.26. The minimum Gasteiger partial charge on any atom is -0.385 e. The highest BCUT2D eigenvalue weighted by Gasteiger charge is 2.13. The second-order valence-electron chi connectivity index (χ2n) is 4.39. The lowest BCUT2D eigenvalue weighted by Crippen LogP contribution is -2.29. The first kappa shape index (κ1) is 12.9. The summed E-state index contributed by atoms with van der Waals surface area (Å²) in [5.41, 5.74) is 0.446. The predicted molar refractivity (Wildman–Crippen MR) is 58.1 cm³/mol. The van der Waals surface area contributed by atoms with Crippen LogP contribution in [-0.4, -0.2) is 26.8 Å². The van der Waals surface area contributed by atoms with Crippen LogP contribution in [0.3, 0.4) is 0 Å². The maximum atomic E-state index is 4.98. The molecular formula is C11H25NO. The molecule has 0 aromatic heterocycles. The van der Waals surface area contributed by atoms with E-state index in [0.717, 1.165) is 26.1 Å². The largest absolute Gasteiger partial charge is 0.385 e. The fourth-order valence-electron chi connectivity index (χ4n) is 1.05. The maximum absolute atomic E-state index is 4.98. The molecule has 0 aliphatic carbocycles. The minimum absolute atomic E-state index is 0.446. The Kier molecular flexibility index (Phi) is 7.29. The van der Waals surface area contributed by atoms with Crippen molar-refractivity contribution in [3.05, 3.63) is 0 Å². The molecule has 1 N–H and O–H groups in total. The molecule has 0 aromatic rings. The molecule has 0 amide bonds. The Balaban J connectivity index is 3.16. The zero-order valence-corrected chi connectivity index (χ0v) is 9.65. The fraction of sp³-hybridized carbons (Fsp3) is 1.00. The van der Waals surface area contributed by atoms with Crippen LogP contribution in [-0.2, 0) is 4.74 Å². The quantitative estimate of drug-likeness (QED) is 0.589. The van der Waals surface area contributed by atoms with Gasteiger partial charge in [-0.05, 0) is 31.2 Å². The van der Waals surface area contributed by atoms with Gasteiger partial charge in [0.15, 0.2) is 0 Å². The highest BCUT2D eigenvalue weighted by Crippen LogP contribution is 2.17. The van der Waals surface area contributed by atoms with Crippen LogP contribution < -0.4 is 5.32 Å². The van der Waals surface area contributed by atoms with Crippen LogP contribution in [0.25, 0.3) is 0 Å². The summed E-state index contributed by atoms with van der Waals surface area (Å²) in [6.07, 6.45) is 3.61. The molecule has 0 unspecified atom stereocenters. The van der Waals surface area contributed by atoms with Gasteiger partial charge in [-0.3, -0.25) is 0 Å². The summed E-state index contributed by atoms with van der Waals surface area (Å²) in [5, 5.41) is 3.48. The number of nitrogens with one attached hydrogen (secondary N) is 1. The maximum Gasteiger partial charge on any atom is 0.0462 e. The van der Waals surface area contributed by atoms with Gasteiger partial charge in [0.25, 0.3) is 0 Å². The third-order valence-electron chi connectivity index (χ3n) is 2.51. The standard InChI is InChI=1S/C11H25NO/c1-5-11(2,3)10-12-8-6-7-9-13-4/h12H,5-10H2,1-4H3. The van der Waals surface area contributed by atoms with Gasteiger partial charge in [0.2, 0.25) is 0 Å². The predicted octanol–water partition coefficient (Wildman–Crippen LogP) is 2.44. The highest BCUT2D eigenvalue weighted by atomic mass is 16.5. The molecular weight excluding hydrogens is 162 g/mol. The van der Waals surface area contributed by atoms with E-state index in [1.54, 1.807) is 7.11 Å². The summed E-state index contributed by atoms with van der Waals surface area (Å²) >= 11 is 0. The molecule has 0 aliphatic rings. The van der Waals surface area contributed by atoms with E-state index < -0.39 is 0 Å². The number of hydrogen-bond acceptors (Lipinski definition) is 2. The lowest BCUT2D eigenvalue weighted by molar-refractivity contribution is 0.192. The summed E-state index contributed by atoms with van der Waals surface area (Å²) in [4.78, 5) is 0. The van der Waals surface area contributed by atoms with Crippen molar-refractivity contribution in [1.29, 1.82) is 0 Å². The first-order valence-corrected chi connectivity index (χ1v) is 5.32. The molecule has 0 heterocycles. The number of methoxy groups -OCH3 is 1. The van der Waals surface area contributed by atoms with Crippen molar-refractivity contribution in [2.24, 2.45) is 5.41 Å². The Hall–Kier alpha value is -0.0800. The zero-order chi connectivity index (χ0) is 10.2. The molecule has 2 heteroatoms.